The number of nitrogens with zero attached hydrogens (tertiary/aromatic N) is 3. The zero-order valence-electron chi connectivity index (χ0n) is 12.5. The van der Waals surface area contributed by atoms with Crippen LogP contribution in [0.4, 0.5) is 5.82 Å². The molecule has 1 aromatic rings. The minimum atomic E-state index is -0.834. The second-order valence-electron chi connectivity index (χ2n) is 5.65. The number of hydrogen-bond donors (Lipinski definition) is 2. The van der Waals surface area contributed by atoms with Crippen molar-refractivity contribution in [1.82, 2.24) is 14.7 Å². The largest absolute Gasteiger partial charge is 0.481 e. The molecule has 116 valence electrons. The Morgan fingerprint density at radius 1 is 1.52 bits per heavy atom. The molecule has 1 heterocycles. The highest BCUT2D eigenvalue weighted by Crippen LogP contribution is 2.26. The van der Waals surface area contributed by atoms with Crippen molar-refractivity contribution in [3.8, 4) is 0 Å². The van der Waals surface area contributed by atoms with Crippen LogP contribution in [0.5, 0.6) is 0 Å². The first-order valence-electron chi connectivity index (χ1n) is 7.26. The van der Waals surface area contributed by atoms with E-state index in [2.05, 4.69) is 10.4 Å². The van der Waals surface area contributed by atoms with Gasteiger partial charge in [-0.1, -0.05) is 0 Å². The van der Waals surface area contributed by atoms with E-state index in [4.69, 9.17) is 5.11 Å². The lowest BCUT2D eigenvalue weighted by molar-refractivity contribution is -0.137. The Labute approximate surface area is 123 Å². The van der Waals surface area contributed by atoms with Gasteiger partial charge in [0.05, 0.1) is 19.2 Å². The highest BCUT2D eigenvalue weighted by atomic mass is 16.4. The maximum atomic E-state index is 12.1. The van der Waals surface area contributed by atoms with Crippen molar-refractivity contribution >= 4 is 17.7 Å². The molecule has 0 spiro atoms. The monoisotopic (exact) mass is 294 g/mol. The minimum absolute atomic E-state index is 0.0632. The molecule has 1 aliphatic rings. The molecule has 1 amide bonds. The van der Waals surface area contributed by atoms with Crippen LogP contribution in [0.3, 0.4) is 0 Å². The zero-order valence-corrected chi connectivity index (χ0v) is 12.5. The molecule has 1 aliphatic carbocycles. The summed E-state index contributed by atoms with van der Waals surface area (Å²) in [6, 6.07) is 2.28. The van der Waals surface area contributed by atoms with Crippen molar-refractivity contribution in [2.24, 2.45) is 0 Å². The molecule has 1 saturated carbocycles. The molecule has 0 saturated heterocycles. The molecule has 1 aromatic heterocycles. The number of hydrogen-bond acceptors (Lipinski definition) is 4. The van der Waals surface area contributed by atoms with E-state index in [1.54, 1.807) is 16.9 Å². The van der Waals surface area contributed by atoms with E-state index >= 15 is 0 Å². The summed E-state index contributed by atoms with van der Waals surface area (Å²) in [4.78, 5) is 24.7. The van der Waals surface area contributed by atoms with Gasteiger partial charge < -0.3 is 10.4 Å². The van der Waals surface area contributed by atoms with Crippen LogP contribution in [0.2, 0.25) is 0 Å². The molecule has 1 fully saturated rings. The summed E-state index contributed by atoms with van der Waals surface area (Å²) >= 11 is 0. The first-order chi connectivity index (χ1) is 9.97. The van der Waals surface area contributed by atoms with Gasteiger partial charge >= 0.3 is 5.97 Å². The second-order valence-corrected chi connectivity index (χ2v) is 5.65. The first kappa shape index (κ1) is 15.5. The normalized spacial score (nSPS) is 14.7. The number of carboxylic acids is 1. The van der Waals surface area contributed by atoms with Crippen molar-refractivity contribution in [2.45, 2.75) is 45.2 Å². The Hall–Kier alpha value is -1.89. The molecule has 0 atom stereocenters. The van der Waals surface area contributed by atoms with Gasteiger partial charge in [0.25, 0.3) is 0 Å². The van der Waals surface area contributed by atoms with Crippen molar-refractivity contribution in [3.05, 3.63) is 12.3 Å². The third kappa shape index (κ3) is 4.56. The van der Waals surface area contributed by atoms with Crippen LogP contribution in [0, 0.1) is 0 Å². The number of carbonyl (C=O) groups is 2. The molecular formula is C14H22N4O3. The van der Waals surface area contributed by atoms with Gasteiger partial charge in [0.2, 0.25) is 5.91 Å². The number of anilines is 1. The number of rotatable bonds is 8. The van der Waals surface area contributed by atoms with Crippen molar-refractivity contribution in [2.75, 3.05) is 18.4 Å². The lowest BCUT2D eigenvalue weighted by Crippen LogP contribution is -2.36. The standard InChI is InChI=1S/C14H22N4O3/c1-10(2)18-12(5-7-15-18)16-13(19)9-17(11-3-4-11)8-6-14(20)21/h5,7,10-11H,3-4,6,8-9H2,1-2H3,(H,16,19)(H,20,21). The predicted octanol–water partition coefficient (Wildman–Crippen LogP) is 1.34. The molecule has 7 heteroatoms. The third-order valence-corrected chi connectivity index (χ3v) is 3.45. The van der Waals surface area contributed by atoms with Gasteiger partial charge in [0.1, 0.15) is 5.82 Å². The Morgan fingerprint density at radius 3 is 2.81 bits per heavy atom. The molecule has 21 heavy (non-hydrogen) atoms. The molecule has 0 unspecified atom stereocenters. The zero-order chi connectivity index (χ0) is 15.4. The van der Waals surface area contributed by atoms with Crippen LogP contribution < -0.4 is 5.32 Å². The van der Waals surface area contributed by atoms with Crippen LogP contribution in [0.25, 0.3) is 0 Å². The number of aromatic nitrogens is 2. The third-order valence-electron chi connectivity index (χ3n) is 3.45. The molecule has 2 N–H and O–H groups in total. The van der Waals surface area contributed by atoms with E-state index in [-0.39, 0.29) is 24.9 Å². The summed E-state index contributed by atoms with van der Waals surface area (Å²) < 4.78 is 1.75. The topological polar surface area (TPSA) is 87.5 Å². The van der Waals surface area contributed by atoms with Gasteiger partial charge in [-0.15, -0.1) is 0 Å². The molecular weight excluding hydrogens is 272 g/mol. The average molecular weight is 294 g/mol. The number of carboxylic acid groups (broad SMARTS) is 1. The maximum absolute atomic E-state index is 12.1. The van der Waals surface area contributed by atoms with Crippen LogP contribution in [-0.2, 0) is 9.59 Å². The molecule has 7 nitrogen and oxygen atoms in total. The molecule has 0 bridgehead atoms. The Balaban J connectivity index is 1.89. The molecule has 0 aliphatic heterocycles. The average Bonchev–Trinajstić information content (AvgIpc) is 3.14. The summed E-state index contributed by atoms with van der Waals surface area (Å²) in [6.07, 6.45) is 3.79. The molecule has 0 aromatic carbocycles. The summed E-state index contributed by atoms with van der Waals surface area (Å²) in [6.45, 7) is 4.62. The summed E-state index contributed by atoms with van der Waals surface area (Å²) in [7, 11) is 0. The van der Waals surface area contributed by atoms with Gasteiger partial charge in [0.15, 0.2) is 0 Å². The number of carbonyl (C=O) groups excluding carboxylic acids is 1. The van der Waals surface area contributed by atoms with Gasteiger partial charge in [-0.05, 0) is 26.7 Å². The molecule has 2 rings (SSSR count). The Morgan fingerprint density at radius 2 is 2.24 bits per heavy atom. The SMILES string of the molecule is CC(C)n1nccc1NC(=O)CN(CCC(=O)O)C1CC1. The second kappa shape index (κ2) is 6.71. The van der Waals surface area contributed by atoms with Crippen molar-refractivity contribution in [3.63, 3.8) is 0 Å². The number of amides is 1. The van der Waals surface area contributed by atoms with Crippen LogP contribution in [-0.4, -0.2) is 50.8 Å². The van der Waals surface area contributed by atoms with Crippen LogP contribution in [0.1, 0.15) is 39.2 Å². The number of aliphatic carboxylic acids is 1. The number of nitrogens with one attached hydrogen (secondary N) is 1. The lowest BCUT2D eigenvalue weighted by Gasteiger charge is -2.20. The van der Waals surface area contributed by atoms with E-state index in [0.717, 1.165) is 12.8 Å². The van der Waals surface area contributed by atoms with E-state index in [1.165, 1.54) is 0 Å². The van der Waals surface area contributed by atoms with Crippen LogP contribution >= 0.6 is 0 Å². The smallest absolute Gasteiger partial charge is 0.304 e. The van der Waals surface area contributed by atoms with E-state index in [0.29, 0.717) is 18.4 Å². The van der Waals surface area contributed by atoms with Crippen molar-refractivity contribution in [1.29, 1.82) is 0 Å². The predicted molar refractivity (Wildman–Crippen MR) is 78.1 cm³/mol. The fourth-order valence-electron chi connectivity index (χ4n) is 2.26. The van der Waals surface area contributed by atoms with Gasteiger partial charge in [-0.2, -0.15) is 5.10 Å². The summed E-state index contributed by atoms with van der Waals surface area (Å²) in [5.41, 5.74) is 0. The molecule has 0 radical (unpaired) electrons. The minimum Gasteiger partial charge on any atom is -0.481 e. The van der Waals surface area contributed by atoms with Crippen LogP contribution in [0.15, 0.2) is 12.3 Å². The lowest BCUT2D eigenvalue weighted by atomic mass is 10.3. The fraction of sp³-hybridized carbons (Fsp3) is 0.643. The van der Waals surface area contributed by atoms with E-state index < -0.39 is 5.97 Å². The fourth-order valence-corrected chi connectivity index (χ4v) is 2.26. The summed E-state index contributed by atoms with van der Waals surface area (Å²) in [5.74, 6) is -0.294. The first-order valence-corrected chi connectivity index (χ1v) is 7.26. The van der Waals surface area contributed by atoms with E-state index in [9.17, 15) is 9.59 Å². The maximum Gasteiger partial charge on any atom is 0.304 e. The van der Waals surface area contributed by atoms with Gasteiger partial charge in [-0.3, -0.25) is 14.5 Å². The highest BCUT2D eigenvalue weighted by Gasteiger charge is 2.30. The Kier molecular flexibility index (Phi) is 4.95. The van der Waals surface area contributed by atoms with Gasteiger partial charge in [-0.25, -0.2) is 4.68 Å². The van der Waals surface area contributed by atoms with E-state index in [1.807, 2.05) is 18.7 Å². The Bertz CT molecular complexity index is 508. The highest BCUT2D eigenvalue weighted by molar-refractivity contribution is 5.91. The quantitative estimate of drug-likeness (QED) is 0.755. The van der Waals surface area contributed by atoms with Gasteiger partial charge in [0, 0.05) is 24.7 Å². The van der Waals surface area contributed by atoms with Crippen molar-refractivity contribution < 1.29 is 14.7 Å². The summed E-state index contributed by atoms with van der Waals surface area (Å²) in [5, 5.41) is 15.8.